The van der Waals surface area contributed by atoms with Gasteiger partial charge in [-0.3, -0.25) is 4.79 Å². The Morgan fingerprint density at radius 1 is 1.23 bits per heavy atom. The number of Topliss-reactive ketones (excluding diaryl/α,β-unsaturated/α-hetero) is 1. The minimum Gasteiger partial charge on any atom is -0.396 e. The van der Waals surface area contributed by atoms with Crippen LogP contribution in [-0.4, -0.2) is 23.8 Å². The van der Waals surface area contributed by atoms with Gasteiger partial charge in [0.1, 0.15) is 12.1 Å². The summed E-state index contributed by atoms with van der Waals surface area (Å²) in [5.41, 5.74) is 0.542. The average molecular weight is 315 g/mol. The molecular weight excluding hydrogens is 276 g/mol. The highest BCUT2D eigenvalue weighted by Gasteiger charge is 2.30. The van der Waals surface area contributed by atoms with Gasteiger partial charge in [-0.1, -0.05) is 48.0 Å². The van der Waals surface area contributed by atoms with E-state index in [1.165, 1.54) is 13.3 Å². The highest BCUT2D eigenvalue weighted by atomic mass is 16.3. The van der Waals surface area contributed by atoms with Gasteiger partial charge in [-0.15, -0.1) is 0 Å². The molecule has 0 aromatic rings. The number of ketones is 1. The fourth-order valence-electron chi connectivity index (χ4n) is 2.25. The number of aliphatic hydroxyl groups is 1. The van der Waals surface area contributed by atoms with Gasteiger partial charge in [0.25, 0.3) is 0 Å². The predicted octanol–water partition coefficient (Wildman–Crippen LogP) is 4.66. The molecule has 0 heterocycles. The normalized spacial score (nSPS) is 24.3. The van der Waals surface area contributed by atoms with Gasteiger partial charge in [-0.05, 0) is 43.4 Å². The number of carbonyl (C=O) groups excluding carboxylic acids is 2. The molecule has 132 valence electrons. The van der Waals surface area contributed by atoms with Crippen molar-refractivity contribution >= 4 is 12.1 Å². The summed E-state index contributed by atoms with van der Waals surface area (Å²) in [6, 6.07) is 0. The second-order valence-corrected chi connectivity index (χ2v) is 7.40. The number of aldehydes is 1. The van der Waals surface area contributed by atoms with Crippen molar-refractivity contribution in [2.24, 2.45) is 23.2 Å². The lowest BCUT2D eigenvalue weighted by molar-refractivity contribution is -0.124. The quantitative estimate of drug-likeness (QED) is 0.771. The fraction of sp³-hybridized carbons (Fsp3) is 0.895. The Balaban J connectivity index is 0. The molecule has 1 aliphatic carbocycles. The molecule has 0 aliphatic heterocycles. The molecule has 0 aromatic carbocycles. The molecule has 1 aliphatic rings. The van der Waals surface area contributed by atoms with Crippen molar-refractivity contribution in [3.8, 4) is 0 Å². The first kappa shape index (κ1) is 23.6. The molecule has 1 rings (SSSR count). The Bertz CT molecular complexity index is 292. The lowest BCUT2D eigenvalue weighted by atomic mass is 9.73. The molecule has 0 amide bonds. The Kier molecular flexibility index (Phi) is 13.7. The van der Waals surface area contributed by atoms with Crippen LogP contribution in [-0.2, 0) is 9.59 Å². The summed E-state index contributed by atoms with van der Waals surface area (Å²) in [7, 11) is 0. The van der Waals surface area contributed by atoms with Crippen LogP contribution < -0.4 is 0 Å². The van der Waals surface area contributed by atoms with E-state index in [4.69, 9.17) is 9.90 Å². The molecule has 2 unspecified atom stereocenters. The molecule has 3 atom stereocenters. The van der Waals surface area contributed by atoms with Gasteiger partial charge >= 0.3 is 0 Å². The Labute approximate surface area is 137 Å². The van der Waals surface area contributed by atoms with E-state index in [0.717, 1.165) is 25.5 Å². The third-order valence-electron chi connectivity index (χ3n) is 4.46. The van der Waals surface area contributed by atoms with Gasteiger partial charge in [-0.2, -0.15) is 0 Å². The summed E-state index contributed by atoms with van der Waals surface area (Å²) >= 11 is 0. The van der Waals surface area contributed by atoms with E-state index in [2.05, 4.69) is 34.6 Å². The van der Waals surface area contributed by atoms with Gasteiger partial charge < -0.3 is 9.90 Å². The molecule has 1 saturated carbocycles. The maximum atomic E-state index is 11.5. The summed E-state index contributed by atoms with van der Waals surface area (Å²) < 4.78 is 0. The van der Waals surface area contributed by atoms with Crippen molar-refractivity contribution in [3.63, 3.8) is 0 Å². The second kappa shape index (κ2) is 12.8. The molecular formula is C19H38O3. The largest absolute Gasteiger partial charge is 0.396 e. The third kappa shape index (κ3) is 11.9. The number of carbonyl (C=O) groups is 2. The zero-order valence-corrected chi connectivity index (χ0v) is 15.8. The van der Waals surface area contributed by atoms with E-state index in [1.807, 2.05) is 6.92 Å². The Morgan fingerprint density at radius 2 is 1.68 bits per heavy atom. The van der Waals surface area contributed by atoms with Crippen molar-refractivity contribution in [2.45, 2.75) is 80.6 Å². The van der Waals surface area contributed by atoms with Crippen LogP contribution in [0, 0.1) is 23.2 Å². The SMILES string of the molecule is CC=O.CCC(=O)[C@H]1CCC(C)C(CO)C1.CCC(C)(C)C. The minimum atomic E-state index is 0.235. The van der Waals surface area contributed by atoms with Crippen molar-refractivity contribution < 1.29 is 14.7 Å². The van der Waals surface area contributed by atoms with E-state index in [-0.39, 0.29) is 12.5 Å². The Hall–Kier alpha value is -0.700. The van der Waals surface area contributed by atoms with Crippen molar-refractivity contribution in [3.05, 3.63) is 0 Å². The summed E-state index contributed by atoms with van der Waals surface area (Å²) in [5.74, 6) is 1.56. The molecule has 0 aromatic heterocycles. The molecule has 1 N–H and O–H groups in total. The summed E-state index contributed by atoms with van der Waals surface area (Å²) in [5, 5.41) is 9.12. The van der Waals surface area contributed by atoms with E-state index in [9.17, 15) is 4.79 Å². The van der Waals surface area contributed by atoms with Gasteiger partial charge in [0.15, 0.2) is 0 Å². The molecule has 1 fully saturated rings. The van der Waals surface area contributed by atoms with E-state index < -0.39 is 0 Å². The minimum absolute atomic E-state index is 0.235. The molecule has 0 saturated heterocycles. The highest BCUT2D eigenvalue weighted by molar-refractivity contribution is 5.80. The first-order chi connectivity index (χ1) is 10.2. The lowest BCUT2D eigenvalue weighted by Crippen LogP contribution is -2.29. The van der Waals surface area contributed by atoms with Crippen molar-refractivity contribution in [1.29, 1.82) is 0 Å². The lowest BCUT2D eigenvalue weighted by Gasteiger charge is -2.32. The number of rotatable bonds is 3. The van der Waals surface area contributed by atoms with Crippen LogP contribution in [0.2, 0.25) is 0 Å². The van der Waals surface area contributed by atoms with Gasteiger partial charge in [-0.25, -0.2) is 0 Å². The molecule has 3 heteroatoms. The highest BCUT2D eigenvalue weighted by Crippen LogP contribution is 2.34. The van der Waals surface area contributed by atoms with Crippen molar-refractivity contribution in [1.82, 2.24) is 0 Å². The maximum absolute atomic E-state index is 11.5. The predicted molar refractivity (Wildman–Crippen MR) is 93.9 cm³/mol. The van der Waals surface area contributed by atoms with E-state index >= 15 is 0 Å². The first-order valence-corrected chi connectivity index (χ1v) is 8.70. The van der Waals surface area contributed by atoms with Crippen LogP contribution in [0.3, 0.4) is 0 Å². The third-order valence-corrected chi connectivity index (χ3v) is 4.46. The second-order valence-electron chi connectivity index (χ2n) is 7.40. The summed E-state index contributed by atoms with van der Waals surface area (Å²) in [4.78, 5) is 20.3. The smallest absolute Gasteiger partial charge is 0.135 e. The topological polar surface area (TPSA) is 54.4 Å². The molecule has 0 bridgehead atoms. The Morgan fingerprint density at radius 3 is 2.00 bits per heavy atom. The molecule has 0 spiro atoms. The van der Waals surface area contributed by atoms with Crippen LogP contribution in [0.25, 0.3) is 0 Å². The average Bonchev–Trinajstić information content (AvgIpc) is 2.47. The monoisotopic (exact) mass is 314 g/mol. The van der Waals surface area contributed by atoms with Gasteiger partial charge in [0, 0.05) is 18.9 Å². The zero-order valence-electron chi connectivity index (χ0n) is 15.8. The van der Waals surface area contributed by atoms with Gasteiger partial charge in [0.2, 0.25) is 0 Å². The molecule has 22 heavy (non-hydrogen) atoms. The van der Waals surface area contributed by atoms with Crippen LogP contribution >= 0.6 is 0 Å². The molecule has 0 radical (unpaired) electrons. The van der Waals surface area contributed by atoms with Crippen molar-refractivity contribution in [2.75, 3.05) is 6.61 Å². The van der Waals surface area contributed by atoms with Crippen LogP contribution in [0.5, 0.6) is 0 Å². The summed E-state index contributed by atoms with van der Waals surface area (Å²) in [6.07, 6.45) is 5.71. The number of hydrogen-bond acceptors (Lipinski definition) is 3. The van der Waals surface area contributed by atoms with Crippen LogP contribution in [0.15, 0.2) is 0 Å². The standard InChI is InChI=1S/C11H20O2.C6H14.C2H4O/c1-3-11(13)9-5-4-8(2)10(6-9)7-12;1-5-6(2,3)4;1-2-3/h8-10,12H,3-7H2,1-2H3;5H2,1-4H3;2H,1H3/t8?,9-,10?;;/m0../s1. The maximum Gasteiger partial charge on any atom is 0.135 e. The van der Waals surface area contributed by atoms with Crippen LogP contribution in [0.4, 0.5) is 0 Å². The number of hydrogen-bond donors (Lipinski definition) is 1. The first-order valence-electron chi connectivity index (χ1n) is 8.70. The molecule has 3 nitrogen and oxygen atoms in total. The fourth-order valence-corrected chi connectivity index (χ4v) is 2.25. The van der Waals surface area contributed by atoms with Crippen LogP contribution in [0.1, 0.15) is 80.6 Å². The van der Waals surface area contributed by atoms with Gasteiger partial charge in [0.05, 0.1) is 0 Å². The zero-order chi connectivity index (χ0) is 17.8. The summed E-state index contributed by atoms with van der Waals surface area (Å²) in [6.45, 7) is 14.7. The van der Waals surface area contributed by atoms with E-state index in [1.54, 1.807) is 0 Å². The van der Waals surface area contributed by atoms with E-state index in [0.29, 0.717) is 29.5 Å². The number of aliphatic hydroxyl groups excluding tert-OH is 1.